The molecule has 1 amide bonds. The Morgan fingerprint density at radius 2 is 2.07 bits per heavy atom. The van der Waals surface area contributed by atoms with E-state index in [0.29, 0.717) is 29.9 Å². The fourth-order valence-electron chi connectivity index (χ4n) is 3.16. The zero-order valence-corrected chi connectivity index (χ0v) is 15.9. The third-order valence-electron chi connectivity index (χ3n) is 4.63. The van der Waals surface area contributed by atoms with Gasteiger partial charge in [-0.25, -0.2) is 4.98 Å². The van der Waals surface area contributed by atoms with Crippen LogP contribution in [-0.2, 0) is 4.74 Å². The van der Waals surface area contributed by atoms with Gasteiger partial charge in [0, 0.05) is 37.9 Å². The average Bonchev–Trinajstić information content (AvgIpc) is 2.72. The molecule has 0 bridgehead atoms. The van der Waals surface area contributed by atoms with Gasteiger partial charge in [-0.3, -0.25) is 9.78 Å². The van der Waals surface area contributed by atoms with Gasteiger partial charge >= 0.3 is 0 Å². The highest BCUT2D eigenvalue weighted by Crippen LogP contribution is 2.30. The summed E-state index contributed by atoms with van der Waals surface area (Å²) in [5.74, 6) is 1.15. The van der Waals surface area contributed by atoms with Crippen LogP contribution in [0.5, 0.6) is 5.88 Å². The third-order valence-corrected chi connectivity index (χ3v) is 4.63. The monoisotopic (exact) mass is 369 g/mol. The van der Waals surface area contributed by atoms with Crippen molar-refractivity contribution in [2.45, 2.75) is 32.7 Å². The van der Waals surface area contributed by atoms with Gasteiger partial charge in [-0.2, -0.15) is 0 Å². The third kappa shape index (κ3) is 5.50. The van der Waals surface area contributed by atoms with Crippen LogP contribution in [0.4, 0.5) is 0 Å². The van der Waals surface area contributed by atoms with Crippen molar-refractivity contribution in [2.24, 2.45) is 11.8 Å². The SMILES string of the molecule is CC(C)COc1ccc(C(=O)NC(c2cccnc2)C2CCOCC2)cn1. The Hall–Kier alpha value is -2.47. The molecule has 3 rings (SSSR count). The van der Waals surface area contributed by atoms with Gasteiger partial charge in [0.25, 0.3) is 5.91 Å². The molecule has 1 aliphatic rings. The molecule has 2 aromatic rings. The number of hydrogen-bond acceptors (Lipinski definition) is 5. The van der Waals surface area contributed by atoms with Crippen LogP contribution < -0.4 is 10.1 Å². The molecule has 0 spiro atoms. The van der Waals surface area contributed by atoms with E-state index in [9.17, 15) is 4.79 Å². The Kier molecular flexibility index (Phi) is 6.76. The maximum atomic E-state index is 12.8. The molecule has 1 fully saturated rings. The van der Waals surface area contributed by atoms with Crippen LogP contribution in [0.25, 0.3) is 0 Å². The lowest BCUT2D eigenvalue weighted by Gasteiger charge is -2.31. The van der Waals surface area contributed by atoms with Gasteiger partial charge in [-0.1, -0.05) is 19.9 Å². The summed E-state index contributed by atoms with van der Waals surface area (Å²) in [6, 6.07) is 7.31. The van der Waals surface area contributed by atoms with Crippen molar-refractivity contribution in [1.82, 2.24) is 15.3 Å². The van der Waals surface area contributed by atoms with Crippen molar-refractivity contribution < 1.29 is 14.3 Å². The average molecular weight is 369 g/mol. The second-order valence-electron chi connectivity index (χ2n) is 7.28. The van der Waals surface area contributed by atoms with Gasteiger partial charge in [-0.15, -0.1) is 0 Å². The smallest absolute Gasteiger partial charge is 0.253 e. The summed E-state index contributed by atoms with van der Waals surface area (Å²) >= 11 is 0. The molecule has 0 radical (unpaired) electrons. The number of carbonyl (C=O) groups excluding carboxylic acids is 1. The molecule has 1 aliphatic heterocycles. The quantitative estimate of drug-likeness (QED) is 0.810. The number of carbonyl (C=O) groups is 1. The lowest BCUT2D eigenvalue weighted by molar-refractivity contribution is 0.0513. The maximum absolute atomic E-state index is 12.8. The van der Waals surface area contributed by atoms with E-state index in [1.54, 1.807) is 24.5 Å². The Morgan fingerprint density at radius 3 is 2.70 bits per heavy atom. The number of aromatic nitrogens is 2. The van der Waals surface area contributed by atoms with Crippen LogP contribution in [0.3, 0.4) is 0 Å². The highest BCUT2D eigenvalue weighted by atomic mass is 16.5. The fraction of sp³-hybridized carbons (Fsp3) is 0.476. The minimum Gasteiger partial charge on any atom is -0.477 e. The first-order chi connectivity index (χ1) is 13.1. The summed E-state index contributed by atoms with van der Waals surface area (Å²) in [5, 5.41) is 3.17. The fourth-order valence-corrected chi connectivity index (χ4v) is 3.16. The van der Waals surface area contributed by atoms with Crippen LogP contribution in [-0.4, -0.2) is 35.7 Å². The first-order valence-corrected chi connectivity index (χ1v) is 9.51. The number of nitrogens with one attached hydrogen (secondary N) is 1. The van der Waals surface area contributed by atoms with Crippen LogP contribution >= 0.6 is 0 Å². The summed E-state index contributed by atoms with van der Waals surface area (Å²) in [4.78, 5) is 21.3. The maximum Gasteiger partial charge on any atom is 0.253 e. The zero-order chi connectivity index (χ0) is 19.1. The van der Waals surface area contributed by atoms with Gasteiger partial charge in [0.2, 0.25) is 5.88 Å². The molecule has 0 aromatic carbocycles. The molecule has 1 atom stereocenters. The number of pyridine rings is 2. The van der Waals surface area contributed by atoms with Crippen LogP contribution in [0.1, 0.15) is 48.7 Å². The first-order valence-electron chi connectivity index (χ1n) is 9.51. The van der Waals surface area contributed by atoms with Gasteiger partial charge in [0.1, 0.15) is 0 Å². The Morgan fingerprint density at radius 1 is 1.26 bits per heavy atom. The van der Waals surface area contributed by atoms with Crippen LogP contribution in [0.2, 0.25) is 0 Å². The van der Waals surface area contributed by atoms with Crippen LogP contribution in [0.15, 0.2) is 42.9 Å². The van der Waals surface area contributed by atoms with E-state index in [2.05, 4.69) is 29.1 Å². The lowest BCUT2D eigenvalue weighted by Crippen LogP contribution is -2.36. The second-order valence-corrected chi connectivity index (χ2v) is 7.28. The van der Waals surface area contributed by atoms with Crippen molar-refractivity contribution in [3.8, 4) is 5.88 Å². The normalized spacial score (nSPS) is 16.1. The molecule has 1 N–H and O–H groups in total. The molecule has 1 saturated heterocycles. The standard InChI is InChI=1S/C21H27N3O3/c1-15(2)14-27-19-6-5-18(13-23-19)21(25)24-20(16-7-10-26-11-8-16)17-4-3-9-22-12-17/h3-6,9,12-13,15-16,20H,7-8,10-11,14H2,1-2H3,(H,24,25). The van der Waals surface area contributed by atoms with Gasteiger partial charge in [0.05, 0.1) is 18.2 Å². The number of nitrogens with zero attached hydrogens (tertiary/aromatic N) is 2. The minimum atomic E-state index is -0.141. The van der Waals surface area contributed by atoms with E-state index in [4.69, 9.17) is 9.47 Å². The molecule has 3 heterocycles. The number of ether oxygens (including phenoxy) is 2. The Bertz CT molecular complexity index is 713. The molecule has 144 valence electrons. The van der Waals surface area contributed by atoms with Crippen LogP contribution in [0, 0.1) is 11.8 Å². The van der Waals surface area contributed by atoms with Crippen molar-refractivity contribution in [2.75, 3.05) is 19.8 Å². The topological polar surface area (TPSA) is 73.3 Å². The number of rotatable bonds is 7. The highest BCUT2D eigenvalue weighted by Gasteiger charge is 2.27. The summed E-state index contributed by atoms with van der Waals surface area (Å²) in [6.45, 7) is 6.21. The molecule has 0 aliphatic carbocycles. The molecule has 1 unspecified atom stereocenters. The molecule has 27 heavy (non-hydrogen) atoms. The molecule has 6 heteroatoms. The Labute approximate surface area is 160 Å². The molecular formula is C21H27N3O3. The van der Waals surface area contributed by atoms with Crippen molar-refractivity contribution in [3.05, 3.63) is 54.0 Å². The van der Waals surface area contributed by atoms with Gasteiger partial charge in [0.15, 0.2) is 0 Å². The van der Waals surface area contributed by atoms with E-state index in [0.717, 1.165) is 31.6 Å². The second kappa shape index (κ2) is 9.46. The number of hydrogen-bond donors (Lipinski definition) is 1. The predicted molar refractivity (Wildman–Crippen MR) is 103 cm³/mol. The largest absolute Gasteiger partial charge is 0.477 e. The van der Waals surface area contributed by atoms with Gasteiger partial charge < -0.3 is 14.8 Å². The lowest BCUT2D eigenvalue weighted by atomic mass is 9.87. The summed E-state index contributed by atoms with van der Waals surface area (Å²) < 4.78 is 11.1. The van der Waals surface area contributed by atoms with E-state index >= 15 is 0 Å². The predicted octanol–water partition coefficient (Wildman–Crippen LogP) is 3.41. The minimum absolute atomic E-state index is 0.0908. The first kappa shape index (κ1) is 19.3. The number of amides is 1. The van der Waals surface area contributed by atoms with Crippen molar-refractivity contribution in [1.29, 1.82) is 0 Å². The molecule has 2 aromatic heterocycles. The molecule has 0 saturated carbocycles. The Balaban J connectivity index is 1.70. The summed E-state index contributed by atoms with van der Waals surface area (Å²) in [5.41, 5.74) is 1.54. The zero-order valence-electron chi connectivity index (χ0n) is 15.9. The molecular weight excluding hydrogens is 342 g/mol. The van der Waals surface area contributed by atoms with E-state index in [1.165, 1.54) is 0 Å². The van der Waals surface area contributed by atoms with E-state index in [1.807, 2.05) is 18.3 Å². The van der Waals surface area contributed by atoms with Gasteiger partial charge in [-0.05, 0) is 42.4 Å². The van der Waals surface area contributed by atoms with E-state index < -0.39 is 0 Å². The summed E-state index contributed by atoms with van der Waals surface area (Å²) in [7, 11) is 0. The summed E-state index contributed by atoms with van der Waals surface area (Å²) in [6.07, 6.45) is 6.96. The van der Waals surface area contributed by atoms with E-state index in [-0.39, 0.29) is 11.9 Å². The molecule has 6 nitrogen and oxygen atoms in total. The van der Waals surface area contributed by atoms with Crippen molar-refractivity contribution >= 4 is 5.91 Å². The highest BCUT2D eigenvalue weighted by molar-refractivity contribution is 5.94. The van der Waals surface area contributed by atoms with Crippen molar-refractivity contribution in [3.63, 3.8) is 0 Å².